The predicted molar refractivity (Wildman–Crippen MR) is 94.8 cm³/mol. The smallest absolute Gasteiger partial charge is 0.0338 e. The second-order valence-electron chi connectivity index (χ2n) is 7.12. The molecular weight excluding hydrogens is 344 g/mol. The van der Waals surface area contributed by atoms with E-state index in [0.717, 1.165) is 24.9 Å². The van der Waals surface area contributed by atoms with E-state index in [9.17, 15) is 0 Å². The Kier molecular flexibility index (Phi) is 4.80. The van der Waals surface area contributed by atoms with E-state index in [1.54, 1.807) is 0 Å². The van der Waals surface area contributed by atoms with Crippen molar-refractivity contribution in [3.63, 3.8) is 0 Å². The van der Waals surface area contributed by atoms with Crippen molar-refractivity contribution in [2.45, 2.75) is 58.2 Å². The molecule has 0 aromatic carbocycles. The molecule has 2 aliphatic rings. The second-order valence-corrected chi connectivity index (χ2v) is 9.03. The summed E-state index contributed by atoms with van der Waals surface area (Å²) < 4.78 is 1.23. The molecule has 1 saturated carbocycles. The number of nitrogens with one attached hydrogen (secondary N) is 1. The average Bonchev–Trinajstić information content (AvgIpc) is 3.25. The summed E-state index contributed by atoms with van der Waals surface area (Å²) in [6, 6.07) is 2.93. The Morgan fingerprint density at radius 3 is 2.86 bits per heavy atom. The molecule has 2 nitrogen and oxygen atoms in total. The molecule has 1 saturated heterocycles. The van der Waals surface area contributed by atoms with Crippen LogP contribution in [-0.2, 0) is 6.54 Å². The van der Waals surface area contributed by atoms with Gasteiger partial charge in [-0.05, 0) is 53.6 Å². The molecule has 1 aliphatic heterocycles. The van der Waals surface area contributed by atoms with Gasteiger partial charge in [-0.15, -0.1) is 11.3 Å². The highest BCUT2D eigenvalue weighted by atomic mass is 79.9. The van der Waals surface area contributed by atoms with Gasteiger partial charge in [-0.1, -0.05) is 20.3 Å². The van der Waals surface area contributed by atoms with Crippen molar-refractivity contribution in [2.75, 3.05) is 13.1 Å². The maximum atomic E-state index is 3.86. The predicted octanol–water partition coefficient (Wildman–Crippen LogP) is 4.50. The van der Waals surface area contributed by atoms with Crippen molar-refractivity contribution in [2.24, 2.45) is 11.8 Å². The lowest BCUT2D eigenvalue weighted by Crippen LogP contribution is -2.65. The first-order chi connectivity index (χ1) is 10.0. The molecule has 1 aromatic rings. The SMILES string of the molecule is CCC(C)C1CN(Cc2cc(Br)cs2)C(C)(C2CC2)CN1. The van der Waals surface area contributed by atoms with Crippen LogP contribution in [0, 0.1) is 11.8 Å². The molecule has 3 atom stereocenters. The number of piperazine rings is 1. The van der Waals surface area contributed by atoms with E-state index < -0.39 is 0 Å². The molecule has 2 heterocycles. The van der Waals surface area contributed by atoms with Gasteiger partial charge in [-0.3, -0.25) is 4.90 Å². The lowest BCUT2D eigenvalue weighted by molar-refractivity contribution is 0.0174. The number of rotatable bonds is 5. The molecule has 0 amide bonds. The fourth-order valence-electron chi connectivity index (χ4n) is 3.60. The summed E-state index contributed by atoms with van der Waals surface area (Å²) in [5.74, 6) is 1.65. The van der Waals surface area contributed by atoms with Crippen LogP contribution in [0.3, 0.4) is 0 Å². The van der Waals surface area contributed by atoms with Crippen molar-refractivity contribution in [3.8, 4) is 0 Å². The lowest BCUT2D eigenvalue weighted by Gasteiger charge is -2.50. The molecule has 118 valence electrons. The average molecular weight is 371 g/mol. The zero-order chi connectivity index (χ0) is 15.0. The number of halogens is 1. The summed E-state index contributed by atoms with van der Waals surface area (Å²) in [6.07, 6.45) is 4.09. The Morgan fingerprint density at radius 2 is 2.29 bits per heavy atom. The maximum absolute atomic E-state index is 3.86. The lowest BCUT2D eigenvalue weighted by atomic mass is 9.86. The van der Waals surface area contributed by atoms with Crippen LogP contribution >= 0.6 is 27.3 Å². The van der Waals surface area contributed by atoms with Gasteiger partial charge in [-0.25, -0.2) is 0 Å². The van der Waals surface area contributed by atoms with E-state index in [-0.39, 0.29) is 0 Å². The van der Waals surface area contributed by atoms with Crippen molar-refractivity contribution in [3.05, 3.63) is 20.8 Å². The Hall–Kier alpha value is 0.1000. The highest BCUT2D eigenvalue weighted by Gasteiger charge is 2.48. The number of hydrogen-bond acceptors (Lipinski definition) is 3. The van der Waals surface area contributed by atoms with E-state index in [1.807, 2.05) is 11.3 Å². The van der Waals surface area contributed by atoms with Crippen molar-refractivity contribution >= 4 is 27.3 Å². The number of hydrogen-bond donors (Lipinski definition) is 1. The largest absolute Gasteiger partial charge is 0.311 e. The van der Waals surface area contributed by atoms with Crippen molar-refractivity contribution < 1.29 is 0 Å². The third-order valence-electron chi connectivity index (χ3n) is 5.62. The fourth-order valence-corrected chi connectivity index (χ4v) is 5.07. The Morgan fingerprint density at radius 1 is 1.52 bits per heavy atom. The van der Waals surface area contributed by atoms with Crippen LogP contribution < -0.4 is 5.32 Å². The minimum atomic E-state index is 0.348. The molecule has 4 heteroatoms. The minimum absolute atomic E-state index is 0.348. The van der Waals surface area contributed by atoms with E-state index in [1.165, 1.54) is 35.2 Å². The minimum Gasteiger partial charge on any atom is -0.311 e. The van der Waals surface area contributed by atoms with Crippen molar-refractivity contribution in [1.29, 1.82) is 0 Å². The standard InChI is InChI=1S/C17H27BrN2S/c1-4-12(2)16-9-20(8-15-7-14(18)10-21-15)17(3,11-19-16)13-5-6-13/h7,10,12-13,16,19H,4-6,8-9,11H2,1-3H3. The molecule has 2 fully saturated rings. The molecule has 1 aliphatic carbocycles. The summed E-state index contributed by atoms with van der Waals surface area (Å²) in [6.45, 7) is 10.6. The monoisotopic (exact) mass is 370 g/mol. The van der Waals surface area contributed by atoms with Gasteiger partial charge in [0.25, 0.3) is 0 Å². The summed E-state index contributed by atoms with van der Waals surface area (Å²) in [5, 5.41) is 6.06. The number of nitrogens with zero attached hydrogens (tertiary/aromatic N) is 1. The summed E-state index contributed by atoms with van der Waals surface area (Å²) in [7, 11) is 0. The zero-order valence-electron chi connectivity index (χ0n) is 13.4. The van der Waals surface area contributed by atoms with E-state index >= 15 is 0 Å². The Bertz CT molecular complexity index is 485. The Labute approximate surface area is 141 Å². The van der Waals surface area contributed by atoms with Gasteiger partial charge in [0.15, 0.2) is 0 Å². The van der Waals surface area contributed by atoms with E-state index in [2.05, 4.69) is 58.4 Å². The normalized spacial score (nSPS) is 32.3. The van der Waals surface area contributed by atoms with Gasteiger partial charge in [0.2, 0.25) is 0 Å². The van der Waals surface area contributed by atoms with Crippen LogP contribution in [0.15, 0.2) is 15.9 Å². The maximum Gasteiger partial charge on any atom is 0.0338 e. The quantitative estimate of drug-likeness (QED) is 0.820. The summed E-state index contributed by atoms with van der Waals surface area (Å²) in [5.41, 5.74) is 0.348. The summed E-state index contributed by atoms with van der Waals surface area (Å²) in [4.78, 5) is 4.26. The first kappa shape index (κ1) is 16.0. The van der Waals surface area contributed by atoms with Gasteiger partial charge in [-0.2, -0.15) is 0 Å². The molecule has 0 radical (unpaired) electrons. The van der Waals surface area contributed by atoms with Crippen LogP contribution in [0.5, 0.6) is 0 Å². The molecule has 0 spiro atoms. The van der Waals surface area contributed by atoms with E-state index in [0.29, 0.717) is 11.6 Å². The third-order valence-corrected chi connectivity index (χ3v) is 7.30. The highest BCUT2D eigenvalue weighted by Crippen LogP contribution is 2.45. The fraction of sp³-hybridized carbons (Fsp3) is 0.765. The van der Waals surface area contributed by atoms with Crippen LogP contribution in [0.25, 0.3) is 0 Å². The topological polar surface area (TPSA) is 15.3 Å². The molecule has 3 unspecified atom stereocenters. The van der Waals surface area contributed by atoms with Gasteiger partial charge >= 0.3 is 0 Å². The molecule has 1 aromatic heterocycles. The second kappa shape index (κ2) is 6.31. The van der Waals surface area contributed by atoms with Crippen LogP contribution in [-0.4, -0.2) is 29.6 Å². The molecule has 3 rings (SSSR count). The van der Waals surface area contributed by atoms with Gasteiger partial charge < -0.3 is 5.32 Å². The van der Waals surface area contributed by atoms with Crippen LogP contribution in [0.4, 0.5) is 0 Å². The van der Waals surface area contributed by atoms with Gasteiger partial charge in [0.05, 0.1) is 0 Å². The molecular formula is C17H27BrN2S. The molecule has 21 heavy (non-hydrogen) atoms. The first-order valence-electron chi connectivity index (χ1n) is 8.24. The van der Waals surface area contributed by atoms with Gasteiger partial charge in [0, 0.05) is 45.9 Å². The van der Waals surface area contributed by atoms with Gasteiger partial charge in [0.1, 0.15) is 0 Å². The van der Waals surface area contributed by atoms with Crippen molar-refractivity contribution in [1.82, 2.24) is 10.2 Å². The highest BCUT2D eigenvalue weighted by molar-refractivity contribution is 9.10. The molecule has 0 bridgehead atoms. The first-order valence-corrected chi connectivity index (χ1v) is 9.91. The van der Waals surface area contributed by atoms with Crippen LogP contribution in [0.2, 0.25) is 0 Å². The molecule has 1 N–H and O–H groups in total. The third kappa shape index (κ3) is 3.39. The summed E-state index contributed by atoms with van der Waals surface area (Å²) >= 11 is 5.48. The van der Waals surface area contributed by atoms with Crippen LogP contribution in [0.1, 0.15) is 44.9 Å². The Balaban J connectivity index is 1.76. The zero-order valence-corrected chi connectivity index (χ0v) is 15.8. The number of thiophene rings is 1. The van der Waals surface area contributed by atoms with E-state index in [4.69, 9.17) is 0 Å².